The van der Waals surface area contributed by atoms with Gasteiger partial charge in [-0.25, -0.2) is 0 Å². The highest BCUT2D eigenvalue weighted by molar-refractivity contribution is 6.42. The third kappa shape index (κ3) is 9.79. The minimum atomic E-state index is -0.699. The summed E-state index contributed by atoms with van der Waals surface area (Å²) in [6, 6.07) is 21.6. The molecule has 1 atom stereocenters. The number of carbonyl (C=O) groups is 2. The number of halogens is 2. The summed E-state index contributed by atoms with van der Waals surface area (Å²) in [5, 5.41) is 3.86. The fraction of sp³-hybridized carbons (Fsp3) is 0.355. The van der Waals surface area contributed by atoms with Gasteiger partial charge in [0.15, 0.2) is 0 Å². The molecule has 0 fully saturated rings. The highest BCUT2D eigenvalue weighted by Gasteiger charge is 2.30. The zero-order valence-corrected chi connectivity index (χ0v) is 24.2. The minimum absolute atomic E-state index is 0.139. The van der Waals surface area contributed by atoms with Crippen LogP contribution in [0.2, 0.25) is 10.0 Å². The van der Waals surface area contributed by atoms with E-state index in [4.69, 9.17) is 32.7 Å². The molecule has 39 heavy (non-hydrogen) atoms. The molecule has 6 nitrogen and oxygen atoms in total. The molecule has 3 aromatic rings. The van der Waals surface area contributed by atoms with Gasteiger partial charge in [-0.3, -0.25) is 9.59 Å². The molecule has 0 saturated carbocycles. The van der Waals surface area contributed by atoms with Crippen molar-refractivity contribution >= 4 is 35.0 Å². The second kappa shape index (κ2) is 15.4. The van der Waals surface area contributed by atoms with Crippen molar-refractivity contribution in [2.45, 2.75) is 45.7 Å². The molecule has 1 unspecified atom stereocenters. The summed E-state index contributed by atoms with van der Waals surface area (Å²) < 4.78 is 11.0. The van der Waals surface area contributed by atoms with E-state index in [0.717, 1.165) is 16.9 Å². The van der Waals surface area contributed by atoms with Gasteiger partial charge in [0.25, 0.3) is 0 Å². The van der Waals surface area contributed by atoms with E-state index in [1.165, 1.54) is 0 Å². The average Bonchev–Trinajstić information content (AvgIpc) is 2.94. The van der Waals surface area contributed by atoms with Gasteiger partial charge in [0.1, 0.15) is 17.5 Å². The molecule has 0 saturated heterocycles. The Kier molecular flexibility index (Phi) is 12.0. The van der Waals surface area contributed by atoms with Gasteiger partial charge in [-0.2, -0.15) is 0 Å². The number of nitrogens with one attached hydrogen (secondary N) is 1. The van der Waals surface area contributed by atoms with Crippen LogP contribution in [0.1, 0.15) is 37.8 Å². The van der Waals surface area contributed by atoms with Gasteiger partial charge in [-0.15, -0.1) is 0 Å². The van der Waals surface area contributed by atoms with Crippen molar-refractivity contribution in [2.24, 2.45) is 5.92 Å². The maximum atomic E-state index is 13.7. The first-order chi connectivity index (χ1) is 18.8. The summed E-state index contributed by atoms with van der Waals surface area (Å²) in [6.07, 6.45) is 1.11. The predicted octanol–water partition coefficient (Wildman–Crippen LogP) is 6.57. The van der Waals surface area contributed by atoms with Crippen molar-refractivity contribution in [3.8, 4) is 11.5 Å². The van der Waals surface area contributed by atoms with E-state index in [2.05, 4.69) is 5.32 Å². The van der Waals surface area contributed by atoms with Crippen LogP contribution in [0.15, 0.2) is 72.8 Å². The van der Waals surface area contributed by atoms with Crippen molar-refractivity contribution in [1.82, 2.24) is 10.2 Å². The molecule has 0 spiro atoms. The number of hydrogen-bond acceptors (Lipinski definition) is 4. The Hall–Kier alpha value is -3.22. The lowest BCUT2D eigenvalue weighted by molar-refractivity contribution is -0.141. The van der Waals surface area contributed by atoms with Crippen molar-refractivity contribution < 1.29 is 19.1 Å². The number of carbonyl (C=O) groups excluding carboxylic acids is 2. The molecule has 0 bridgehead atoms. The number of methoxy groups -OCH3 is 1. The zero-order valence-electron chi connectivity index (χ0n) is 22.7. The first-order valence-corrected chi connectivity index (χ1v) is 13.8. The number of nitrogens with zero attached hydrogens (tertiary/aromatic N) is 1. The highest BCUT2D eigenvalue weighted by atomic mass is 35.5. The number of amides is 2. The SMILES string of the molecule is COc1ccc(OCCCC(=O)N(Cc2ccc(Cl)c(Cl)c2)C(Cc2ccccc2)C(=O)NCC(C)C)cc1. The third-order valence-electron chi connectivity index (χ3n) is 6.16. The van der Waals surface area contributed by atoms with Crippen LogP contribution in [-0.2, 0) is 22.6 Å². The van der Waals surface area contributed by atoms with Gasteiger partial charge in [0.05, 0.1) is 23.8 Å². The Bertz CT molecular complexity index is 1200. The normalized spacial score (nSPS) is 11.6. The van der Waals surface area contributed by atoms with E-state index in [9.17, 15) is 9.59 Å². The maximum Gasteiger partial charge on any atom is 0.243 e. The monoisotopic (exact) mass is 570 g/mol. The molecule has 2 amide bonds. The summed E-state index contributed by atoms with van der Waals surface area (Å²) in [5.41, 5.74) is 1.76. The smallest absolute Gasteiger partial charge is 0.243 e. The first kappa shape index (κ1) is 30.3. The van der Waals surface area contributed by atoms with Crippen LogP contribution in [0.5, 0.6) is 11.5 Å². The Labute approximate surface area is 241 Å². The summed E-state index contributed by atoms with van der Waals surface area (Å²) in [5.74, 6) is 1.40. The summed E-state index contributed by atoms with van der Waals surface area (Å²) >= 11 is 12.4. The molecular formula is C31H36Cl2N2O4. The summed E-state index contributed by atoms with van der Waals surface area (Å²) in [7, 11) is 1.61. The van der Waals surface area contributed by atoms with Crippen molar-refractivity contribution in [1.29, 1.82) is 0 Å². The van der Waals surface area contributed by atoms with Gasteiger partial charge in [-0.1, -0.05) is 73.4 Å². The van der Waals surface area contributed by atoms with E-state index in [1.54, 1.807) is 24.1 Å². The molecule has 0 aliphatic heterocycles. The Morgan fingerprint density at radius 3 is 2.23 bits per heavy atom. The summed E-state index contributed by atoms with van der Waals surface area (Å²) in [4.78, 5) is 28.8. The highest BCUT2D eigenvalue weighted by Crippen LogP contribution is 2.25. The number of benzene rings is 3. The van der Waals surface area contributed by atoms with E-state index in [-0.39, 0.29) is 30.7 Å². The van der Waals surface area contributed by atoms with Crippen LogP contribution in [0, 0.1) is 5.92 Å². The first-order valence-electron chi connectivity index (χ1n) is 13.1. The van der Waals surface area contributed by atoms with Crippen LogP contribution in [-0.4, -0.2) is 43.0 Å². The molecular weight excluding hydrogens is 535 g/mol. The third-order valence-corrected chi connectivity index (χ3v) is 6.89. The maximum absolute atomic E-state index is 13.7. The van der Waals surface area contributed by atoms with Gasteiger partial charge >= 0.3 is 0 Å². The molecule has 0 aliphatic carbocycles. The van der Waals surface area contributed by atoms with Crippen molar-refractivity contribution in [3.05, 3.63) is 94.0 Å². The lowest BCUT2D eigenvalue weighted by Gasteiger charge is -2.32. The van der Waals surface area contributed by atoms with E-state index in [0.29, 0.717) is 41.8 Å². The second-order valence-electron chi connectivity index (χ2n) is 9.74. The van der Waals surface area contributed by atoms with E-state index >= 15 is 0 Å². The number of hydrogen-bond donors (Lipinski definition) is 1. The Balaban J connectivity index is 1.79. The quantitative estimate of drug-likeness (QED) is 0.222. The zero-order chi connectivity index (χ0) is 28.2. The standard InChI is InChI=1S/C31H36Cl2N2O4/c1-22(2)20-34-31(37)29(19-23-8-5-4-6-9-23)35(21-24-11-16-27(32)28(33)18-24)30(36)10-7-17-39-26-14-12-25(38-3)13-15-26/h4-6,8-9,11-16,18,22,29H,7,10,17,19-21H2,1-3H3,(H,34,37). The van der Waals surface area contributed by atoms with Gasteiger partial charge in [-0.05, 0) is 59.9 Å². The van der Waals surface area contributed by atoms with Crippen LogP contribution >= 0.6 is 23.2 Å². The van der Waals surface area contributed by atoms with Crippen LogP contribution in [0.4, 0.5) is 0 Å². The number of rotatable bonds is 14. The van der Waals surface area contributed by atoms with Crippen LogP contribution < -0.4 is 14.8 Å². The van der Waals surface area contributed by atoms with Gasteiger partial charge in [0.2, 0.25) is 11.8 Å². The van der Waals surface area contributed by atoms with Crippen molar-refractivity contribution in [2.75, 3.05) is 20.3 Å². The molecule has 0 aliphatic rings. The lowest BCUT2D eigenvalue weighted by Crippen LogP contribution is -2.51. The van der Waals surface area contributed by atoms with Gasteiger partial charge in [0, 0.05) is 25.9 Å². The number of ether oxygens (including phenoxy) is 2. The second-order valence-corrected chi connectivity index (χ2v) is 10.6. The van der Waals surface area contributed by atoms with Crippen LogP contribution in [0.3, 0.4) is 0 Å². The van der Waals surface area contributed by atoms with E-state index < -0.39 is 6.04 Å². The van der Waals surface area contributed by atoms with Crippen molar-refractivity contribution in [3.63, 3.8) is 0 Å². The molecule has 0 heterocycles. The van der Waals surface area contributed by atoms with E-state index in [1.807, 2.05) is 74.5 Å². The average molecular weight is 572 g/mol. The van der Waals surface area contributed by atoms with Gasteiger partial charge < -0.3 is 19.7 Å². The molecule has 0 radical (unpaired) electrons. The predicted molar refractivity (Wildman–Crippen MR) is 157 cm³/mol. The van der Waals surface area contributed by atoms with Crippen LogP contribution in [0.25, 0.3) is 0 Å². The molecule has 3 aromatic carbocycles. The fourth-order valence-electron chi connectivity index (χ4n) is 4.04. The molecule has 8 heteroatoms. The fourth-order valence-corrected chi connectivity index (χ4v) is 4.36. The summed E-state index contributed by atoms with van der Waals surface area (Å²) in [6.45, 7) is 5.18. The minimum Gasteiger partial charge on any atom is -0.497 e. The Morgan fingerprint density at radius 1 is 0.897 bits per heavy atom. The molecule has 0 aromatic heterocycles. The topological polar surface area (TPSA) is 67.9 Å². The lowest BCUT2D eigenvalue weighted by atomic mass is 10.0. The Morgan fingerprint density at radius 2 is 1.59 bits per heavy atom. The molecule has 3 rings (SSSR count). The largest absolute Gasteiger partial charge is 0.497 e. The molecule has 208 valence electrons. The molecule has 1 N–H and O–H groups in total.